The number of hydrogen-bond donors (Lipinski definition) is 4. The molecule has 1 saturated heterocycles. The Bertz CT molecular complexity index is 2300. The second kappa shape index (κ2) is 14.4. The fourth-order valence-electron chi connectivity index (χ4n) is 5.33. The quantitative estimate of drug-likeness (QED) is 0.138. The van der Waals surface area contributed by atoms with Crippen molar-refractivity contribution >= 4 is 43.0 Å². The van der Waals surface area contributed by atoms with Gasteiger partial charge in [0, 0.05) is 0 Å². The van der Waals surface area contributed by atoms with Gasteiger partial charge in [0.1, 0.15) is 11.1 Å². The standard InChI is InChI=1S/C31H25F3N4O5S2.C2HF3O2/c32-31(33,34)24-17-22(14-15-23(24)20-6-2-1-3-7-20)44(40,41)37-27(30-35-25-8-4-5-9-26(25)36-30)16-19-10-12-21(13-11-19)28-18-29(39)38-45(28,42)43;3-2(4,5)1(6)7/h1-15,17,27-28,37H,16,18H2,(H,35,36)(H,38,39);(H,6,7)/t27-,28?;/m0./s1. The van der Waals surface area contributed by atoms with E-state index in [9.17, 15) is 48.0 Å². The molecule has 5 aromatic rings. The summed E-state index contributed by atoms with van der Waals surface area (Å²) >= 11 is 0. The number of rotatable bonds is 8. The number of hydrogen-bond acceptors (Lipinski definition) is 7. The molecule has 1 aliphatic heterocycles. The van der Waals surface area contributed by atoms with Crippen molar-refractivity contribution in [1.29, 1.82) is 0 Å². The topological polar surface area (TPSA) is 175 Å². The number of sulfonamides is 2. The summed E-state index contributed by atoms with van der Waals surface area (Å²) in [4.78, 5) is 27.6. The van der Waals surface area contributed by atoms with E-state index in [1.807, 2.05) is 4.72 Å². The van der Waals surface area contributed by atoms with Crippen molar-refractivity contribution in [3.05, 3.63) is 120 Å². The van der Waals surface area contributed by atoms with Gasteiger partial charge in [0.25, 0.3) is 0 Å². The number of halogens is 6. The number of H-pyrrole nitrogens is 1. The van der Waals surface area contributed by atoms with Crippen LogP contribution >= 0.6 is 0 Å². The van der Waals surface area contributed by atoms with Gasteiger partial charge in [-0.05, 0) is 52.9 Å². The minimum absolute atomic E-state index is 0.0160. The van der Waals surface area contributed by atoms with Crippen molar-refractivity contribution in [2.45, 2.75) is 41.4 Å². The van der Waals surface area contributed by atoms with Gasteiger partial charge in [-0.2, -0.15) is 26.3 Å². The van der Waals surface area contributed by atoms with E-state index in [4.69, 9.17) is 9.90 Å². The summed E-state index contributed by atoms with van der Waals surface area (Å²) in [6, 6.07) is 23.0. The monoisotopic (exact) mass is 768 g/mol. The molecule has 1 amide bonds. The number of amides is 1. The summed E-state index contributed by atoms with van der Waals surface area (Å²) in [5.41, 5.74) is 1.19. The molecule has 52 heavy (non-hydrogen) atoms. The molecule has 1 unspecified atom stereocenters. The van der Waals surface area contributed by atoms with Gasteiger partial charge in [-0.15, -0.1) is 0 Å². The summed E-state index contributed by atoms with van der Waals surface area (Å²) in [6.07, 6.45) is -10.1. The van der Waals surface area contributed by atoms with Crippen LogP contribution in [0.2, 0.25) is 0 Å². The van der Waals surface area contributed by atoms with Crippen molar-refractivity contribution in [3.63, 3.8) is 0 Å². The minimum atomic E-state index is -5.08. The van der Waals surface area contributed by atoms with Gasteiger partial charge in [-0.25, -0.2) is 31.3 Å². The van der Waals surface area contributed by atoms with E-state index in [-0.39, 0.29) is 29.8 Å². The number of para-hydroxylation sites is 2. The molecule has 19 heteroatoms. The average molecular weight is 769 g/mol. The van der Waals surface area contributed by atoms with E-state index >= 15 is 0 Å². The molecular formula is C33H26F6N4O7S2. The molecule has 4 N–H and O–H groups in total. The molecule has 4 aromatic carbocycles. The zero-order chi connectivity index (χ0) is 38.1. The Hall–Kier alpha value is -5.27. The van der Waals surface area contributed by atoms with Gasteiger partial charge in [0.15, 0.2) is 0 Å². The first-order chi connectivity index (χ1) is 24.2. The van der Waals surface area contributed by atoms with Crippen LogP contribution in [0.3, 0.4) is 0 Å². The number of aliphatic carboxylic acids is 1. The van der Waals surface area contributed by atoms with E-state index in [0.29, 0.717) is 28.2 Å². The van der Waals surface area contributed by atoms with Crippen LogP contribution in [0.5, 0.6) is 0 Å². The van der Waals surface area contributed by atoms with Crippen LogP contribution in [0.15, 0.2) is 102 Å². The second-order valence-electron chi connectivity index (χ2n) is 11.4. The number of benzene rings is 4. The molecular weight excluding hydrogens is 743 g/mol. The van der Waals surface area contributed by atoms with Crippen molar-refractivity contribution in [2.24, 2.45) is 0 Å². The lowest BCUT2D eigenvalue weighted by Gasteiger charge is -2.19. The number of carbonyl (C=O) groups excluding carboxylic acids is 1. The zero-order valence-corrected chi connectivity index (χ0v) is 27.9. The number of carboxylic acid groups (broad SMARTS) is 1. The van der Waals surface area contributed by atoms with E-state index in [1.54, 1.807) is 66.7 Å². The van der Waals surface area contributed by atoms with Crippen molar-refractivity contribution in [1.82, 2.24) is 19.4 Å². The number of aromatic amines is 1. The van der Waals surface area contributed by atoms with Gasteiger partial charge in [0.2, 0.25) is 26.0 Å². The number of imidazole rings is 1. The normalized spacial score (nSPS) is 16.5. The minimum Gasteiger partial charge on any atom is -0.475 e. The number of nitrogens with one attached hydrogen (secondary N) is 3. The van der Waals surface area contributed by atoms with E-state index < -0.39 is 66.0 Å². The predicted molar refractivity (Wildman–Crippen MR) is 174 cm³/mol. The van der Waals surface area contributed by atoms with Gasteiger partial charge in [-0.1, -0.05) is 72.8 Å². The highest BCUT2D eigenvalue weighted by Gasteiger charge is 2.39. The van der Waals surface area contributed by atoms with Crippen LogP contribution in [0, 0.1) is 0 Å². The highest BCUT2D eigenvalue weighted by Crippen LogP contribution is 2.39. The van der Waals surface area contributed by atoms with Crippen LogP contribution in [0.4, 0.5) is 26.3 Å². The molecule has 274 valence electrons. The second-order valence-corrected chi connectivity index (χ2v) is 15.0. The molecule has 1 fully saturated rings. The molecule has 2 heterocycles. The molecule has 1 aliphatic rings. The third-order valence-electron chi connectivity index (χ3n) is 7.76. The Balaban J connectivity index is 0.000000679. The Morgan fingerprint density at radius 1 is 0.923 bits per heavy atom. The number of carbonyl (C=O) groups is 2. The van der Waals surface area contributed by atoms with E-state index in [2.05, 4.69) is 14.7 Å². The van der Waals surface area contributed by atoms with Gasteiger partial charge in [-0.3, -0.25) is 9.52 Å². The highest BCUT2D eigenvalue weighted by molar-refractivity contribution is 7.90. The molecule has 0 spiro atoms. The third kappa shape index (κ3) is 8.78. The van der Waals surface area contributed by atoms with Crippen LogP contribution in [-0.2, 0) is 42.2 Å². The van der Waals surface area contributed by atoms with Gasteiger partial charge >= 0.3 is 18.3 Å². The first-order valence-corrected chi connectivity index (χ1v) is 17.9. The Labute approximate surface area is 291 Å². The molecule has 1 aromatic heterocycles. The average Bonchev–Trinajstić information content (AvgIpc) is 3.63. The Morgan fingerprint density at radius 2 is 1.54 bits per heavy atom. The SMILES string of the molecule is O=C(O)C(F)(F)F.O=C1CC(c2ccc(C[C@H](NS(=O)(=O)c3ccc(-c4ccccc4)c(C(F)(F)F)c3)c3nc4ccccc4[nH]3)cc2)S(=O)(=O)N1. The van der Waals surface area contributed by atoms with Crippen molar-refractivity contribution < 1.29 is 57.9 Å². The summed E-state index contributed by atoms with van der Waals surface area (Å²) < 4.78 is 131. The van der Waals surface area contributed by atoms with Crippen molar-refractivity contribution in [3.8, 4) is 11.1 Å². The lowest BCUT2D eigenvalue weighted by Crippen LogP contribution is -2.31. The summed E-state index contributed by atoms with van der Waals surface area (Å²) in [6.45, 7) is 0. The number of aromatic nitrogens is 2. The van der Waals surface area contributed by atoms with Gasteiger partial charge < -0.3 is 10.1 Å². The molecule has 6 rings (SSSR count). The zero-order valence-electron chi connectivity index (χ0n) is 26.2. The van der Waals surface area contributed by atoms with Crippen LogP contribution < -0.4 is 9.44 Å². The fraction of sp³-hybridized carbons (Fsp3) is 0.182. The number of fused-ring (bicyclic) bond motifs is 1. The van der Waals surface area contributed by atoms with Crippen molar-refractivity contribution in [2.75, 3.05) is 0 Å². The molecule has 0 aliphatic carbocycles. The largest absolute Gasteiger partial charge is 0.490 e. The maximum atomic E-state index is 14.2. The van der Waals surface area contributed by atoms with Crippen LogP contribution in [-0.4, -0.2) is 50.0 Å². The van der Waals surface area contributed by atoms with Crippen LogP contribution in [0.1, 0.15) is 40.2 Å². The van der Waals surface area contributed by atoms with E-state index in [0.717, 1.165) is 12.1 Å². The molecule has 11 nitrogen and oxygen atoms in total. The summed E-state index contributed by atoms with van der Waals surface area (Å²) in [7, 11) is -8.38. The maximum absolute atomic E-state index is 14.2. The summed E-state index contributed by atoms with van der Waals surface area (Å²) in [5.74, 6) is -3.13. The Morgan fingerprint density at radius 3 is 2.10 bits per heavy atom. The lowest BCUT2D eigenvalue weighted by atomic mass is 9.99. The van der Waals surface area contributed by atoms with Gasteiger partial charge in [0.05, 0.1) is 34.0 Å². The number of carboxylic acids is 1. The first kappa shape index (κ1) is 38.0. The van der Waals surface area contributed by atoms with E-state index in [1.165, 1.54) is 12.1 Å². The fourth-order valence-corrected chi connectivity index (χ4v) is 7.99. The van der Waals surface area contributed by atoms with Crippen LogP contribution in [0.25, 0.3) is 22.2 Å². The molecule has 0 radical (unpaired) electrons. The first-order valence-electron chi connectivity index (χ1n) is 14.9. The maximum Gasteiger partial charge on any atom is 0.490 e. The third-order valence-corrected chi connectivity index (χ3v) is 10.9. The smallest absolute Gasteiger partial charge is 0.475 e. The highest BCUT2D eigenvalue weighted by atomic mass is 32.2. The number of alkyl halides is 6. The lowest BCUT2D eigenvalue weighted by molar-refractivity contribution is -0.192. The molecule has 0 saturated carbocycles. The number of nitrogens with zero attached hydrogens (tertiary/aromatic N) is 1. The summed E-state index contributed by atoms with van der Waals surface area (Å²) in [5, 5.41) is 6.07. The molecule has 2 atom stereocenters. The molecule has 0 bridgehead atoms. The predicted octanol–water partition coefficient (Wildman–Crippen LogP) is 6.04. The Kier molecular flexibility index (Phi) is 10.5.